The molecule has 0 N–H and O–H groups in total. The van der Waals surface area contributed by atoms with Gasteiger partial charge in [0.2, 0.25) is 0 Å². The van der Waals surface area contributed by atoms with E-state index in [0.29, 0.717) is 10.8 Å². The standard InChI is InChI=1S/C43H32N2O/c1-4-28(2)21-22-29(3)44(40-26-24-35-33-16-9-8-15-32(33)34-18-12-19-36(40)42(34)35)31-23-25-41-38(27-31)43(46)37-17-10-11-20-39(37)45(41)30-13-6-5-7-14-30/h4-27H,3H2,1-2H3. The maximum absolute atomic E-state index is 14.2. The molecule has 0 fully saturated rings. The zero-order valence-corrected chi connectivity index (χ0v) is 25.9. The van der Waals surface area contributed by atoms with Crippen molar-refractivity contribution >= 4 is 44.0 Å². The van der Waals surface area contributed by atoms with Crippen LogP contribution in [0.5, 0.6) is 0 Å². The Bertz CT molecular complexity index is 2450. The summed E-state index contributed by atoms with van der Waals surface area (Å²) in [7, 11) is 0. The lowest BCUT2D eigenvalue weighted by atomic mass is 10.00. The van der Waals surface area contributed by atoms with Gasteiger partial charge in [0, 0.05) is 33.2 Å². The van der Waals surface area contributed by atoms with Crippen molar-refractivity contribution < 1.29 is 0 Å². The second kappa shape index (κ2) is 10.9. The summed E-state index contributed by atoms with van der Waals surface area (Å²) in [6.07, 6.45) is 6.22. The first kappa shape index (κ1) is 27.6. The minimum atomic E-state index is 0.0151. The van der Waals surface area contributed by atoms with Crippen molar-refractivity contribution in [1.82, 2.24) is 4.57 Å². The predicted molar refractivity (Wildman–Crippen MR) is 195 cm³/mol. The van der Waals surface area contributed by atoms with Crippen LogP contribution in [0.2, 0.25) is 0 Å². The van der Waals surface area contributed by atoms with Gasteiger partial charge in [-0.2, -0.15) is 0 Å². The Labute approximate surface area is 268 Å². The highest BCUT2D eigenvalue weighted by atomic mass is 16.1. The normalized spacial score (nSPS) is 12.3. The number of pyridine rings is 1. The van der Waals surface area contributed by atoms with E-state index in [4.69, 9.17) is 0 Å². The average Bonchev–Trinajstić information content (AvgIpc) is 3.44. The summed E-state index contributed by atoms with van der Waals surface area (Å²) >= 11 is 0. The minimum Gasteiger partial charge on any atom is -0.310 e. The fourth-order valence-corrected chi connectivity index (χ4v) is 6.88. The van der Waals surface area contributed by atoms with Crippen LogP contribution in [0.15, 0.2) is 168 Å². The van der Waals surface area contributed by atoms with E-state index in [1.165, 1.54) is 27.6 Å². The molecule has 1 aliphatic carbocycles. The number of para-hydroxylation sites is 2. The Morgan fingerprint density at radius 2 is 1.30 bits per heavy atom. The van der Waals surface area contributed by atoms with Gasteiger partial charge in [0.1, 0.15) is 0 Å². The molecule has 0 saturated carbocycles. The van der Waals surface area contributed by atoms with Crippen LogP contribution in [0.3, 0.4) is 0 Å². The van der Waals surface area contributed by atoms with Gasteiger partial charge in [0.25, 0.3) is 0 Å². The van der Waals surface area contributed by atoms with Crippen molar-refractivity contribution in [2.75, 3.05) is 4.90 Å². The first-order chi connectivity index (χ1) is 22.5. The summed E-state index contributed by atoms with van der Waals surface area (Å²) in [6, 6.07) is 43.9. The summed E-state index contributed by atoms with van der Waals surface area (Å²) in [5.41, 5.74) is 11.6. The molecule has 1 aliphatic rings. The number of fused-ring (bicyclic) bond motifs is 5. The lowest BCUT2D eigenvalue weighted by Gasteiger charge is -2.28. The third kappa shape index (κ3) is 4.24. The summed E-state index contributed by atoms with van der Waals surface area (Å²) < 4.78 is 2.18. The first-order valence-corrected chi connectivity index (χ1v) is 15.6. The number of hydrogen-bond acceptors (Lipinski definition) is 2. The van der Waals surface area contributed by atoms with Crippen LogP contribution < -0.4 is 10.3 Å². The van der Waals surface area contributed by atoms with Gasteiger partial charge < -0.3 is 9.47 Å². The highest BCUT2D eigenvalue weighted by molar-refractivity contribution is 6.19. The van der Waals surface area contributed by atoms with Crippen molar-refractivity contribution in [2.45, 2.75) is 13.8 Å². The van der Waals surface area contributed by atoms with Gasteiger partial charge in [-0.15, -0.1) is 0 Å². The largest absolute Gasteiger partial charge is 0.310 e. The molecule has 0 unspecified atom stereocenters. The van der Waals surface area contributed by atoms with Crippen LogP contribution in [-0.4, -0.2) is 4.57 Å². The Morgan fingerprint density at radius 3 is 2.09 bits per heavy atom. The second-order valence-corrected chi connectivity index (χ2v) is 11.8. The zero-order chi connectivity index (χ0) is 31.4. The van der Waals surface area contributed by atoms with Gasteiger partial charge in [-0.05, 0) is 96.1 Å². The van der Waals surface area contributed by atoms with Crippen LogP contribution in [0.4, 0.5) is 11.4 Å². The van der Waals surface area contributed by atoms with Crippen LogP contribution >= 0.6 is 0 Å². The van der Waals surface area contributed by atoms with Gasteiger partial charge in [-0.3, -0.25) is 4.79 Å². The van der Waals surface area contributed by atoms with Crippen LogP contribution in [0.25, 0.3) is 60.5 Å². The molecular formula is C43H32N2O. The maximum atomic E-state index is 14.2. The van der Waals surface area contributed by atoms with Crippen molar-refractivity contribution in [1.29, 1.82) is 0 Å². The van der Waals surface area contributed by atoms with Gasteiger partial charge in [-0.1, -0.05) is 103 Å². The fourth-order valence-electron chi connectivity index (χ4n) is 6.88. The van der Waals surface area contributed by atoms with Crippen molar-refractivity contribution in [3.63, 3.8) is 0 Å². The van der Waals surface area contributed by atoms with Crippen LogP contribution in [-0.2, 0) is 0 Å². The predicted octanol–water partition coefficient (Wildman–Crippen LogP) is 11.1. The number of nitrogens with zero attached hydrogens (tertiary/aromatic N) is 2. The molecule has 6 aromatic carbocycles. The van der Waals surface area contributed by atoms with Gasteiger partial charge >= 0.3 is 0 Å². The summed E-state index contributed by atoms with van der Waals surface area (Å²) in [5.74, 6) is 0. The molecule has 46 heavy (non-hydrogen) atoms. The number of rotatable bonds is 6. The topological polar surface area (TPSA) is 25.2 Å². The molecule has 7 aromatic rings. The minimum absolute atomic E-state index is 0.0151. The molecule has 8 rings (SSSR count). The van der Waals surface area contributed by atoms with E-state index in [1.54, 1.807) is 0 Å². The molecule has 1 heterocycles. The smallest absolute Gasteiger partial charge is 0.197 e. The van der Waals surface area contributed by atoms with E-state index in [-0.39, 0.29) is 5.43 Å². The molecule has 0 atom stereocenters. The Hall–Kier alpha value is -5.93. The third-order valence-corrected chi connectivity index (χ3v) is 9.17. The Morgan fingerprint density at radius 1 is 0.652 bits per heavy atom. The van der Waals surface area contributed by atoms with Crippen LogP contribution in [0.1, 0.15) is 13.8 Å². The number of aromatic nitrogens is 1. The number of allylic oxidation sites excluding steroid dienone is 4. The van der Waals surface area contributed by atoms with Crippen molar-refractivity contribution in [2.24, 2.45) is 0 Å². The first-order valence-electron chi connectivity index (χ1n) is 15.6. The molecule has 3 nitrogen and oxygen atoms in total. The maximum Gasteiger partial charge on any atom is 0.197 e. The zero-order valence-electron chi connectivity index (χ0n) is 25.9. The van der Waals surface area contributed by atoms with E-state index in [2.05, 4.69) is 120 Å². The van der Waals surface area contributed by atoms with Gasteiger partial charge in [0.05, 0.1) is 16.7 Å². The van der Waals surface area contributed by atoms with Crippen LogP contribution in [0, 0.1) is 0 Å². The second-order valence-electron chi connectivity index (χ2n) is 11.8. The monoisotopic (exact) mass is 592 g/mol. The number of anilines is 2. The summed E-state index contributed by atoms with van der Waals surface area (Å²) in [6.45, 7) is 8.68. The molecular weight excluding hydrogens is 560 g/mol. The van der Waals surface area contributed by atoms with E-state index in [1.807, 2.05) is 55.5 Å². The van der Waals surface area contributed by atoms with E-state index in [9.17, 15) is 4.79 Å². The molecule has 0 radical (unpaired) electrons. The SMILES string of the molecule is C=C(C=CC(C)=CC)N(c1ccc2c(c1)c(=O)c1ccccc1n2-c1ccccc1)c1ccc2c3c(cccc13)-c1ccccc1-2. The van der Waals surface area contributed by atoms with Crippen molar-refractivity contribution in [3.05, 3.63) is 174 Å². The Balaban J connectivity index is 1.40. The molecule has 3 heteroatoms. The van der Waals surface area contributed by atoms with Crippen molar-refractivity contribution in [3.8, 4) is 27.9 Å². The highest BCUT2D eigenvalue weighted by Gasteiger charge is 2.25. The van der Waals surface area contributed by atoms with E-state index >= 15 is 0 Å². The molecule has 0 spiro atoms. The van der Waals surface area contributed by atoms with E-state index < -0.39 is 0 Å². The molecule has 0 saturated heterocycles. The fraction of sp³-hybridized carbons (Fsp3) is 0.0465. The molecule has 0 amide bonds. The lowest BCUT2D eigenvalue weighted by molar-refractivity contribution is 1.16. The summed E-state index contributed by atoms with van der Waals surface area (Å²) in [4.78, 5) is 16.4. The molecule has 1 aromatic heterocycles. The number of hydrogen-bond donors (Lipinski definition) is 0. The molecule has 0 aliphatic heterocycles. The van der Waals surface area contributed by atoms with E-state index in [0.717, 1.165) is 44.8 Å². The summed E-state index contributed by atoms with van der Waals surface area (Å²) in [5, 5.41) is 3.73. The quantitative estimate of drug-likeness (QED) is 0.142. The Kier molecular flexibility index (Phi) is 6.54. The third-order valence-electron chi connectivity index (χ3n) is 9.17. The van der Waals surface area contributed by atoms with Gasteiger partial charge in [0.15, 0.2) is 5.43 Å². The number of benzene rings is 6. The van der Waals surface area contributed by atoms with Gasteiger partial charge in [-0.25, -0.2) is 0 Å². The highest BCUT2D eigenvalue weighted by Crippen LogP contribution is 2.50. The average molecular weight is 593 g/mol. The molecule has 220 valence electrons. The molecule has 0 bridgehead atoms. The lowest BCUT2D eigenvalue weighted by Crippen LogP contribution is -2.16.